The quantitative estimate of drug-likeness (QED) is 0.855. The van der Waals surface area contributed by atoms with E-state index in [2.05, 4.69) is 14.9 Å². The van der Waals surface area contributed by atoms with Gasteiger partial charge in [-0.3, -0.25) is 4.79 Å². The molecule has 118 valence electrons. The molecule has 1 atom stereocenters. The number of carbonyl (C=O) groups excluding carboxylic acids is 1. The minimum absolute atomic E-state index is 0.0244. The number of amides is 1. The Balaban J connectivity index is 1.87. The normalized spacial score (nSPS) is 19.5. The maximum absolute atomic E-state index is 12.5. The molecule has 9 heteroatoms. The topological polar surface area (TPSA) is 96.7 Å². The average molecular weight is 323 g/mol. The number of nitrogens with one attached hydrogen (secondary N) is 1. The molecule has 3 rings (SSSR count). The van der Waals surface area contributed by atoms with Crippen molar-refractivity contribution in [3.05, 3.63) is 24.5 Å². The minimum atomic E-state index is -3.83. The van der Waals surface area contributed by atoms with E-state index in [1.54, 1.807) is 17.0 Å². The van der Waals surface area contributed by atoms with E-state index in [0.717, 1.165) is 0 Å². The molecule has 22 heavy (non-hydrogen) atoms. The second kappa shape index (κ2) is 5.33. The molecule has 1 aliphatic heterocycles. The lowest BCUT2D eigenvalue weighted by Crippen LogP contribution is -2.43. The summed E-state index contributed by atoms with van der Waals surface area (Å²) in [4.78, 5) is 13.9. The van der Waals surface area contributed by atoms with Crippen molar-refractivity contribution in [3.63, 3.8) is 0 Å². The van der Waals surface area contributed by atoms with Crippen LogP contribution in [0.3, 0.4) is 0 Å². The SMILES string of the molecule is CC(C)N1CCC(NS(=O)(=O)c2cnn3ncccc23)C1=O. The van der Waals surface area contributed by atoms with Crippen LogP contribution in [0.5, 0.6) is 0 Å². The van der Waals surface area contributed by atoms with E-state index in [4.69, 9.17) is 0 Å². The summed E-state index contributed by atoms with van der Waals surface area (Å²) in [5, 5.41) is 7.85. The largest absolute Gasteiger partial charge is 0.339 e. The van der Waals surface area contributed by atoms with Gasteiger partial charge in [0.1, 0.15) is 16.5 Å². The second-order valence-corrected chi connectivity index (χ2v) is 7.18. The Kier molecular flexibility index (Phi) is 3.61. The molecule has 1 unspecified atom stereocenters. The van der Waals surface area contributed by atoms with Crippen LogP contribution in [-0.2, 0) is 14.8 Å². The molecular formula is C13H17N5O3S. The van der Waals surface area contributed by atoms with Crippen LogP contribution in [0.15, 0.2) is 29.4 Å². The minimum Gasteiger partial charge on any atom is -0.339 e. The van der Waals surface area contributed by atoms with E-state index in [1.165, 1.54) is 17.0 Å². The van der Waals surface area contributed by atoms with Crippen molar-refractivity contribution in [2.75, 3.05) is 6.54 Å². The first-order valence-electron chi connectivity index (χ1n) is 7.02. The maximum Gasteiger partial charge on any atom is 0.245 e. The molecule has 0 radical (unpaired) electrons. The Morgan fingerprint density at radius 2 is 2.14 bits per heavy atom. The van der Waals surface area contributed by atoms with Crippen LogP contribution >= 0.6 is 0 Å². The van der Waals surface area contributed by atoms with Crippen molar-refractivity contribution in [1.82, 2.24) is 24.4 Å². The number of nitrogens with zero attached hydrogens (tertiary/aromatic N) is 4. The molecule has 1 fully saturated rings. The predicted molar refractivity (Wildman–Crippen MR) is 78.6 cm³/mol. The number of aromatic nitrogens is 3. The van der Waals surface area contributed by atoms with Crippen LogP contribution in [0.1, 0.15) is 20.3 Å². The monoisotopic (exact) mass is 323 g/mol. The zero-order valence-corrected chi connectivity index (χ0v) is 13.1. The number of likely N-dealkylation sites (tertiary alicyclic amines) is 1. The van der Waals surface area contributed by atoms with Gasteiger partial charge in [-0.1, -0.05) is 0 Å². The van der Waals surface area contributed by atoms with Gasteiger partial charge in [-0.15, -0.1) is 0 Å². The van der Waals surface area contributed by atoms with Crippen molar-refractivity contribution in [1.29, 1.82) is 0 Å². The molecule has 0 bridgehead atoms. The van der Waals surface area contributed by atoms with E-state index < -0.39 is 16.1 Å². The highest BCUT2D eigenvalue weighted by molar-refractivity contribution is 7.89. The molecule has 1 amide bonds. The first-order chi connectivity index (χ1) is 10.4. The van der Waals surface area contributed by atoms with Crippen LogP contribution in [0.2, 0.25) is 0 Å². The van der Waals surface area contributed by atoms with Gasteiger partial charge in [-0.05, 0) is 32.4 Å². The third-order valence-corrected chi connectivity index (χ3v) is 5.21. The summed E-state index contributed by atoms with van der Waals surface area (Å²) < 4.78 is 28.8. The lowest BCUT2D eigenvalue weighted by atomic mass is 10.3. The summed E-state index contributed by atoms with van der Waals surface area (Å²) in [6, 6.07) is 2.59. The van der Waals surface area contributed by atoms with Crippen LogP contribution in [0.25, 0.3) is 5.52 Å². The standard InChI is InChI=1S/C13H17N5O3S/c1-9(2)17-7-5-10(13(17)19)16-22(20,21)12-8-15-18-11(12)4-3-6-14-18/h3-4,6,8-10,16H,5,7H2,1-2H3. The summed E-state index contributed by atoms with van der Waals surface area (Å²) in [5.74, 6) is -0.187. The average Bonchev–Trinajstić information content (AvgIpc) is 3.03. The number of hydrogen-bond donors (Lipinski definition) is 1. The van der Waals surface area contributed by atoms with Crippen LogP contribution < -0.4 is 4.72 Å². The van der Waals surface area contributed by atoms with Gasteiger partial charge in [-0.2, -0.15) is 19.5 Å². The van der Waals surface area contributed by atoms with E-state index in [9.17, 15) is 13.2 Å². The predicted octanol–water partition coefficient (Wildman–Crippen LogP) is 0.0169. The van der Waals surface area contributed by atoms with Crippen molar-refractivity contribution in [2.24, 2.45) is 0 Å². The maximum atomic E-state index is 12.5. The first-order valence-corrected chi connectivity index (χ1v) is 8.50. The summed E-state index contributed by atoms with van der Waals surface area (Å²) >= 11 is 0. The van der Waals surface area contributed by atoms with Gasteiger partial charge in [0.25, 0.3) is 0 Å². The van der Waals surface area contributed by atoms with Crippen LogP contribution in [0, 0.1) is 0 Å². The van der Waals surface area contributed by atoms with Gasteiger partial charge in [0.2, 0.25) is 15.9 Å². The van der Waals surface area contributed by atoms with Crippen molar-refractivity contribution >= 4 is 21.4 Å². The summed E-state index contributed by atoms with van der Waals surface area (Å²) in [6.07, 6.45) is 3.23. The van der Waals surface area contributed by atoms with Gasteiger partial charge in [0.05, 0.1) is 6.20 Å². The van der Waals surface area contributed by atoms with E-state index in [1.807, 2.05) is 13.8 Å². The zero-order valence-electron chi connectivity index (χ0n) is 12.3. The van der Waals surface area contributed by atoms with E-state index in [-0.39, 0.29) is 16.8 Å². The fraction of sp³-hybridized carbons (Fsp3) is 0.462. The van der Waals surface area contributed by atoms with Gasteiger partial charge in [0, 0.05) is 18.8 Å². The lowest BCUT2D eigenvalue weighted by Gasteiger charge is -2.21. The van der Waals surface area contributed by atoms with Crippen molar-refractivity contribution in [3.8, 4) is 0 Å². The molecule has 1 N–H and O–H groups in total. The Morgan fingerprint density at radius 1 is 1.36 bits per heavy atom. The summed E-state index contributed by atoms with van der Waals surface area (Å²) in [7, 11) is -3.83. The lowest BCUT2D eigenvalue weighted by molar-refractivity contribution is -0.130. The Labute approximate surface area is 128 Å². The fourth-order valence-electron chi connectivity index (χ4n) is 2.59. The zero-order chi connectivity index (χ0) is 15.9. The molecule has 1 saturated heterocycles. The van der Waals surface area contributed by atoms with Crippen LogP contribution in [-0.4, -0.2) is 52.7 Å². The van der Waals surface area contributed by atoms with E-state index >= 15 is 0 Å². The van der Waals surface area contributed by atoms with Gasteiger partial charge in [0.15, 0.2) is 0 Å². The molecule has 1 aliphatic rings. The molecule has 0 aliphatic carbocycles. The second-order valence-electron chi connectivity index (χ2n) is 5.50. The van der Waals surface area contributed by atoms with Crippen LogP contribution in [0.4, 0.5) is 0 Å². The Bertz CT molecular complexity index is 814. The number of carbonyl (C=O) groups is 1. The number of fused-ring (bicyclic) bond motifs is 1. The van der Waals surface area contributed by atoms with Gasteiger partial charge >= 0.3 is 0 Å². The molecule has 0 spiro atoms. The summed E-state index contributed by atoms with van der Waals surface area (Å²) in [5.41, 5.74) is 0.376. The molecule has 8 nitrogen and oxygen atoms in total. The Hall–Kier alpha value is -2.00. The summed E-state index contributed by atoms with van der Waals surface area (Å²) in [6.45, 7) is 4.37. The molecule has 2 aromatic rings. The van der Waals surface area contributed by atoms with Gasteiger partial charge in [-0.25, -0.2) is 8.42 Å². The molecule has 2 aromatic heterocycles. The Morgan fingerprint density at radius 3 is 2.82 bits per heavy atom. The highest BCUT2D eigenvalue weighted by Gasteiger charge is 2.36. The van der Waals surface area contributed by atoms with Crippen molar-refractivity contribution in [2.45, 2.75) is 37.2 Å². The number of hydrogen-bond acceptors (Lipinski definition) is 5. The molecule has 0 saturated carbocycles. The first kappa shape index (κ1) is 14.9. The smallest absolute Gasteiger partial charge is 0.245 e. The fourth-order valence-corrected chi connectivity index (χ4v) is 3.92. The molecular weight excluding hydrogens is 306 g/mol. The number of sulfonamides is 1. The molecule has 0 aromatic carbocycles. The highest BCUT2D eigenvalue weighted by Crippen LogP contribution is 2.19. The third kappa shape index (κ3) is 2.46. The van der Waals surface area contributed by atoms with Crippen molar-refractivity contribution < 1.29 is 13.2 Å². The number of rotatable bonds is 4. The van der Waals surface area contributed by atoms with E-state index in [0.29, 0.717) is 18.5 Å². The third-order valence-electron chi connectivity index (χ3n) is 3.72. The molecule has 3 heterocycles. The highest BCUT2D eigenvalue weighted by atomic mass is 32.2. The van der Waals surface area contributed by atoms with Gasteiger partial charge < -0.3 is 4.90 Å².